The van der Waals surface area contributed by atoms with E-state index in [4.69, 9.17) is 0 Å². The highest BCUT2D eigenvalue weighted by Crippen LogP contribution is 2.31. The largest absolute Gasteiger partial charge is 0.389 e. The van der Waals surface area contributed by atoms with E-state index in [2.05, 4.69) is 28.5 Å². The molecule has 1 heterocycles. The first-order chi connectivity index (χ1) is 8.65. The van der Waals surface area contributed by atoms with Crippen LogP contribution in [0.25, 0.3) is 10.9 Å². The average molecular weight is 242 g/mol. The Labute approximate surface area is 107 Å². The highest BCUT2D eigenvalue weighted by molar-refractivity contribution is 5.78. The lowest BCUT2D eigenvalue weighted by Gasteiger charge is -2.43. The summed E-state index contributed by atoms with van der Waals surface area (Å²) in [6.45, 7) is 2.70. The smallest absolute Gasteiger partial charge is 0.0772 e. The van der Waals surface area contributed by atoms with Crippen LogP contribution in [0.15, 0.2) is 36.5 Å². The van der Waals surface area contributed by atoms with Gasteiger partial charge in [-0.1, -0.05) is 12.1 Å². The van der Waals surface area contributed by atoms with Gasteiger partial charge in [-0.25, -0.2) is 0 Å². The Balaban J connectivity index is 1.71. The van der Waals surface area contributed by atoms with Crippen molar-refractivity contribution in [1.29, 1.82) is 0 Å². The molecule has 0 aliphatic heterocycles. The van der Waals surface area contributed by atoms with E-state index in [-0.39, 0.29) is 6.04 Å². The van der Waals surface area contributed by atoms with Gasteiger partial charge in [0.1, 0.15) is 0 Å². The summed E-state index contributed by atoms with van der Waals surface area (Å²) >= 11 is 0. The average Bonchev–Trinajstić information content (AvgIpc) is 2.37. The SMILES string of the molecule is C[C@@]1(O)CC[C@H]1NCc1ccc2ncccc2c1. The van der Waals surface area contributed by atoms with E-state index in [1.807, 2.05) is 25.3 Å². The number of hydrogen-bond acceptors (Lipinski definition) is 3. The molecule has 0 unspecified atom stereocenters. The Kier molecular flexibility index (Phi) is 2.80. The number of nitrogens with zero attached hydrogens (tertiary/aromatic N) is 1. The van der Waals surface area contributed by atoms with Gasteiger partial charge in [-0.2, -0.15) is 0 Å². The van der Waals surface area contributed by atoms with E-state index in [0.29, 0.717) is 0 Å². The van der Waals surface area contributed by atoms with Crippen LogP contribution in [-0.4, -0.2) is 21.7 Å². The first kappa shape index (κ1) is 11.6. The maximum Gasteiger partial charge on any atom is 0.0772 e. The number of aromatic nitrogens is 1. The summed E-state index contributed by atoms with van der Waals surface area (Å²) in [5.41, 5.74) is 1.73. The normalized spacial score (nSPS) is 27.1. The molecule has 1 aliphatic carbocycles. The number of nitrogens with one attached hydrogen (secondary N) is 1. The van der Waals surface area contributed by atoms with Crippen molar-refractivity contribution in [2.24, 2.45) is 0 Å². The zero-order chi connectivity index (χ0) is 12.6. The molecule has 1 aromatic heterocycles. The third-order valence-electron chi connectivity index (χ3n) is 3.91. The van der Waals surface area contributed by atoms with Gasteiger partial charge in [-0.15, -0.1) is 0 Å². The highest BCUT2D eigenvalue weighted by atomic mass is 16.3. The van der Waals surface area contributed by atoms with Crippen molar-refractivity contribution in [3.05, 3.63) is 42.1 Å². The molecule has 2 aromatic rings. The van der Waals surface area contributed by atoms with Crippen LogP contribution in [0.1, 0.15) is 25.3 Å². The quantitative estimate of drug-likeness (QED) is 0.867. The zero-order valence-corrected chi connectivity index (χ0v) is 10.6. The number of hydrogen-bond donors (Lipinski definition) is 2. The summed E-state index contributed by atoms with van der Waals surface area (Å²) in [7, 11) is 0. The number of fused-ring (bicyclic) bond motifs is 1. The summed E-state index contributed by atoms with van der Waals surface area (Å²) in [4.78, 5) is 4.31. The second kappa shape index (κ2) is 4.34. The molecule has 18 heavy (non-hydrogen) atoms. The number of benzene rings is 1. The Bertz CT molecular complexity index is 565. The number of pyridine rings is 1. The van der Waals surface area contributed by atoms with E-state index in [1.165, 1.54) is 5.56 Å². The van der Waals surface area contributed by atoms with Crippen molar-refractivity contribution in [3.63, 3.8) is 0 Å². The van der Waals surface area contributed by atoms with Crippen LogP contribution in [-0.2, 0) is 6.54 Å². The lowest BCUT2D eigenvalue weighted by molar-refractivity contribution is -0.0523. The molecule has 0 bridgehead atoms. The van der Waals surface area contributed by atoms with Gasteiger partial charge in [0.2, 0.25) is 0 Å². The first-order valence-corrected chi connectivity index (χ1v) is 6.45. The predicted molar refractivity (Wildman–Crippen MR) is 72.2 cm³/mol. The second-order valence-electron chi connectivity index (χ2n) is 5.36. The maximum atomic E-state index is 9.95. The molecule has 0 spiro atoms. The third kappa shape index (κ3) is 2.11. The first-order valence-electron chi connectivity index (χ1n) is 6.45. The summed E-state index contributed by atoms with van der Waals surface area (Å²) in [5, 5.41) is 14.5. The fourth-order valence-electron chi connectivity index (χ4n) is 2.50. The molecule has 2 atom stereocenters. The fraction of sp³-hybridized carbons (Fsp3) is 0.400. The molecule has 94 valence electrons. The number of rotatable bonds is 3. The summed E-state index contributed by atoms with van der Waals surface area (Å²) in [6, 6.07) is 10.5. The lowest BCUT2D eigenvalue weighted by atomic mass is 9.76. The van der Waals surface area contributed by atoms with Crippen LogP contribution < -0.4 is 5.32 Å². The molecule has 1 saturated carbocycles. The molecule has 3 heteroatoms. The summed E-state index contributed by atoms with van der Waals surface area (Å²) in [6.07, 6.45) is 3.76. The van der Waals surface area contributed by atoms with Gasteiger partial charge >= 0.3 is 0 Å². The van der Waals surface area contributed by atoms with Crippen LogP contribution in [0.3, 0.4) is 0 Å². The van der Waals surface area contributed by atoms with Crippen molar-refractivity contribution in [1.82, 2.24) is 10.3 Å². The molecule has 3 rings (SSSR count). The fourth-order valence-corrected chi connectivity index (χ4v) is 2.50. The van der Waals surface area contributed by atoms with Crippen LogP contribution in [0, 0.1) is 0 Å². The Morgan fingerprint density at radius 1 is 1.44 bits per heavy atom. The van der Waals surface area contributed by atoms with E-state index < -0.39 is 5.60 Å². The second-order valence-corrected chi connectivity index (χ2v) is 5.36. The molecule has 1 aliphatic rings. The predicted octanol–water partition coefficient (Wildman–Crippen LogP) is 2.24. The molecular formula is C15H18N2O. The van der Waals surface area contributed by atoms with Gasteiger partial charge in [0.15, 0.2) is 0 Å². The van der Waals surface area contributed by atoms with Gasteiger partial charge in [-0.05, 0) is 43.5 Å². The van der Waals surface area contributed by atoms with Crippen LogP contribution in [0.2, 0.25) is 0 Å². The lowest BCUT2D eigenvalue weighted by Crippen LogP contribution is -2.56. The molecule has 1 aromatic carbocycles. The van der Waals surface area contributed by atoms with E-state index in [0.717, 1.165) is 30.3 Å². The van der Waals surface area contributed by atoms with Gasteiger partial charge in [-0.3, -0.25) is 4.98 Å². The highest BCUT2D eigenvalue weighted by Gasteiger charge is 2.40. The third-order valence-corrected chi connectivity index (χ3v) is 3.91. The van der Waals surface area contributed by atoms with Crippen LogP contribution in [0.5, 0.6) is 0 Å². The minimum absolute atomic E-state index is 0.224. The Morgan fingerprint density at radius 2 is 2.33 bits per heavy atom. The molecule has 2 N–H and O–H groups in total. The van der Waals surface area contributed by atoms with Crippen LogP contribution in [0.4, 0.5) is 0 Å². The van der Waals surface area contributed by atoms with Crippen molar-refractivity contribution < 1.29 is 5.11 Å². The molecular weight excluding hydrogens is 224 g/mol. The Morgan fingerprint density at radius 3 is 3.06 bits per heavy atom. The van der Waals surface area contributed by atoms with E-state index >= 15 is 0 Å². The molecule has 1 fully saturated rings. The van der Waals surface area contributed by atoms with E-state index in [1.54, 1.807) is 0 Å². The Hall–Kier alpha value is -1.45. The van der Waals surface area contributed by atoms with Gasteiger partial charge < -0.3 is 10.4 Å². The topological polar surface area (TPSA) is 45.1 Å². The molecule has 0 radical (unpaired) electrons. The summed E-state index contributed by atoms with van der Waals surface area (Å²) in [5.74, 6) is 0. The number of aliphatic hydroxyl groups is 1. The van der Waals surface area contributed by atoms with E-state index in [9.17, 15) is 5.11 Å². The van der Waals surface area contributed by atoms with Crippen molar-refractivity contribution >= 4 is 10.9 Å². The minimum Gasteiger partial charge on any atom is -0.389 e. The van der Waals surface area contributed by atoms with Crippen molar-refractivity contribution in [2.75, 3.05) is 0 Å². The maximum absolute atomic E-state index is 9.95. The standard InChI is InChI=1S/C15H18N2O/c1-15(18)7-6-14(15)17-10-11-4-5-13-12(9-11)3-2-8-16-13/h2-5,8-9,14,17-18H,6-7,10H2,1H3/t14-,15-/m1/s1. The molecule has 0 saturated heterocycles. The molecule has 0 amide bonds. The minimum atomic E-state index is -0.529. The van der Waals surface area contributed by atoms with Crippen LogP contribution >= 0.6 is 0 Å². The van der Waals surface area contributed by atoms with Gasteiger partial charge in [0.05, 0.1) is 11.1 Å². The zero-order valence-electron chi connectivity index (χ0n) is 10.6. The monoisotopic (exact) mass is 242 g/mol. The van der Waals surface area contributed by atoms with Crippen molar-refractivity contribution in [3.8, 4) is 0 Å². The summed E-state index contributed by atoms with van der Waals surface area (Å²) < 4.78 is 0. The van der Waals surface area contributed by atoms with Gasteiger partial charge in [0.25, 0.3) is 0 Å². The van der Waals surface area contributed by atoms with Gasteiger partial charge in [0, 0.05) is 24.2 Å². The molecule has 3 nitrogen and oxygen atoms in total. The van der Waals surface area contributed by atoms with Crippen molar-refractivity contribution in [2.45, 2.75) is 38.0 Å².